The summed E-state index contributed by atoms with van der Waals surface area (Å²) >= 11 is 0. The number of hydrogen-bond acceptors (Lipinski definition) is 4. The number of hydrogen-bond donors (Lipinski definition) is 1. The van der Waals surface area contributed by atoms with Crippen LogP contribution in [0.15, 0.2) is 65.5 Å². The number of urea groups is 1. The van der Waals surface area contributed by atoms with E-state index < -0.39 is 11.6 Å². The van der Waals surface area contributed by atoms with Gasteiger partial charge in [0.15, 0.2) is 5.82 Å². The molecule has 0 aliphatic heterocycles. The van der Waals surface area contributed by atoms with Gasteiger partial charge in [-0.2, -0.15) is 4.39 Å². The van der Waals surface area contributed by atoms with Gasteiger partial charge in [0, 0.05) is 18.2 Å². The van der Waals surface area contributed by atoms with E-state index in [-0.39, 0.29) is 0 Å². The Bertz CT molecular complexity index is 1070. The topological polar surface area (TPSA) is 81.4 Å². The Morgan fingerprint density at radius 1 is 1.27 bits per heavy atom. The molecular formula is C21H21FN5O2P. The quantitative estimate of drug-likeness (QED) is 0.462. The number of rotatable bonds is 6. The number of aromatic nitrogens is 3. The summed E-state index contributed by atoms with van der Waals surface area (Å²) in [6.07, 6.45) is 3.43. The normalized spacial score (nSPS) is 13.4. The number of benzene rings is 2. The summed E-state index contributed by atoms with van der Waals surface area (Å²) in [7, 11) is 1.99. The number of aliphatic imine (C=N–C) groups is 1. The zero-order chi connectivity index (χ0) is 21.7. The standard InChI is InChI=1S/C21H21FN5O2P/c1-14(25-20(28)23-3)12-15-4-6-16(7-5-15)19-24-13-27(26-19)17-8-10-18(11-9-17)29-21(2,22)30/h4-13H,3,30H2,1-2H3,(H,25,28)/b14-12+. The molecule has 3 rings (SSSR count). The Hall–Kier alpha value is -3.38. The van der Waals surface area contributed by atoms with Gasteiger partial charge < -0.3 is 10.1 Å². The van der Waals surface area contributed by atoms with Crippen LogP contribution in [-0.2, 0) is 0 Å². The summed E-state index contributed by atoms with van der Waals surface area (Å²) < 4.78 is 20.3. The van der Waals surface area contributed by atoms with Crippen molar-refractivity contribution in [3.05, 3.63) is 66.1 Å². The number of allylic oxidation sites excluding steroid dienone is 1. The maximum Gasteiger partial charge on any atom is 0.344 e. The lowest BCUT2D eigenvalue weighted by atomic mass is 10.1. The van der Waals surface area contributed by atoms with E-state index in [1.807, 2.05) is 39.6 Å². The van der Waals surface area contributed by atoms with Crippen molar-refractivity contribution in [2.45, 2.75) is 19.4 Å². The fraction of sp³-hybridized carbons (Fsp3) is 0.143. The average Bonchev–Trinajstić information content (AvgIpc) is 3.18. The van der Waals surface area contributed by atoms with E-state index in [9.17, 15) is 9.18 Å². The smallest absolute Gasteiger partial charge is 0.344 e. The molecule has 1 heterocycles. The highest BCUT2D eigenvalue weighted by Crippen LogP contribution is 2.26. The van der Waals surface area contributed by atoms with Crippen LogP contribution < -0.4 is 10.1 Å². The second-order valence-corrected chi connectivity index (χ2v) is 7.66. The highest BCUT2D eigenvalue weighted by atomic mass is 31.0. The molecule has 0 spiro atoms. The van der Waals surface area contributed by atoms with Crippen LogP contribution >= 0.6 is 9.24 Å². The first-order valence-corrected chi connectivity index (χ1v) is 9.56. The Balaban J connectivity index is 1.72. The lowest BCUT2D eigenvalue weighted by Gasteiger charge is -2.16. The lowest BCUT2D eigenvalue weighted by molar-refractivity contribution is 0.0473. The number of amides is 2. The third-order valence-electron chi connectivity index (χ3n) is 3.91. The summed E-state index contributed by atoms with van der Waals surface area (Å²) in [4.78, 5) is 18.9. The molecule has 154 valence electrons. The van der Waals surface area contributed by atoms with Gasteiger partial charge in [-0.25, -0.2) is 19.5 Å². The predicted molar refractivity (Wildman–Crippen MR) is 118 cm³/mol. The molecule has 0 bridgehead atoms. The van der Waals surface area contributed by atoms with E-state index in [2.05, 4.69) is 27.1 Å². The molecule has 0 radical (unpaired) electrons. The number of carbonyl (C=O) groups excluding carboxylic acids is 1. The highest BCUT2D eigenvalue weighted by Gasteiger charge is 2.17. The molecule has 7 nitrogen and oxygen atoms in total. The fourth-order valence-corrected chi connectivity index (χ4v) is 2.78. The molecule has 2 unspecified atom stereocenters. The minimum Gasteiger partial charge on any atom is -0.455 e. The molecule has 2 aromatic carbocycles. The number of ether oxygens (including phenoxy) is 1. The minimum atomic E-state index is -1.82. The third-order valence-corrected chi connectivity index (χ3v) is 4.03. The first-order valence-electron chi connectivity index (χ1n) is 8.99. The van der Waals surface area contributed by atoms with Gasteiger partial charge in [0.2, 0.25) is 0 Å². The monoisotopic (exact) mass is 425 g/mol. The third kappa shape index (κ3) is 5.81. The summed E-state index contributed by atoms with van der Waals surface area (Å²) in [5.41, 5.74) is 1.36. The highest BCUT2D eigenvalue weighted by molar-refractivity contribution is 7.18. The molecule has 1 N–H and O–H groups in total. The van der Waals surface area contributed by atoms with Gasteiger partial charge in [-0.1, -0.05) is 33.5 Å². The molecule has 0 aliphatic rings. The summed E-state index contributed by atoms with van der Waals surface area (Å²) in [6, 6.07) is 14.0. The summed E-state index contributed by atoms with van der Waals surface area (Å²) in [6.45, 7) is 6.26. The van der Waals surface area contributed by atoms with Gasteiger partial charge in [-0.3, -0.25) is 0 Å². The Morgan fingerprint density at radius 3 is 2.53 bits per heavy atom. The van der Waals surface area contributed by atoms with Gasteiger partial charge in [0.25, 0.3) is 5.60 Å². The van der Waals surface area contributed by atoms with Crippen LogP contribution in [0.3, 0.4) is 0 Å². The number of carbonyl (C=O) groups is 1. The zero-order valence-electron chi connectivity index (χ0n) is 16.5. The Labute approximate surface area is 175 Å². The van der Waals surface area contributed by atoms with Gasteiger partial charge >= 0.3 is 6.03 Å². The molecule has 2 atom stereocenters. The minimum absolute atomic E-state index is 0.415. The van der Waals surface area contributed by atoms with Crippen LogP contribution in [0, 0.1) is 0 Å². The van der Waals surface area contributed by atoms with Crippen molar-refractivity contribution < 1.29 is 13.9 Å². The molecule has 30 heavy (non-hydrogen) atoms. The lowest BCUT2D eigenvalue weighted by Crippen LogP contribution is -2.16. The number of nitrogens with zero attached hydrogens (tertiary/aromatic N) is 4. The van der Waals surface area contributed by atoms with Crippen LogP contribution in [0.4, 0.5) is 9.18 Å². The van der Waals surface area contributed by atoms with Crippen molar-refractivity contribution in [2.24, 2.45) is 4.99 Å². The van der Waals surface area contributed by atoms with E-state index in [0.717, 1.165) is 16.8 Å². The molecular weight excluding hydrogens is 404 g/mol. The molecule has 3 aromatic rings. The average molecular weight is 425 g/mol. The number of alkyl halides is 1. The van der Waals surface area contributed by atoms with Crippen molar-refractivity contribution in [1.29, 1.82) is 0 Å². The van der Waals surface area contributed by atoms with Crippen LogP contribution in [0.25, 0.3) is 23.2 Å². The van der Waals surface area contributed by atoms with Gasteiger partial charge in [0.1, 0.15) is 12.1 Å². The van der Waals surface area contributed by atoms with Crippen LogP contribution in [0.5, 0.6) is 5.75 Å². The van der Waals surface area contributed by atoms with Gasteiger partial charge in [0.05, 0.1) is 5.69 Å². The van der Waals surface area contributed by atoms with Crippen molar-refractivity contribution in [2.75, 3.05) is 0 Å². The Kier molecular flexibility index (Phi) is 6.37. The molecule has 0 saturated heterocycles. The summed E-state index contributed by atoms with van der Waals surface area (Å²) in [5, 5.41) is 7.09. The predicted octanol–water partition coefficient (Wildman–Crippen LogP) is 4.60. The van der Waals surface area contributed by atoms with E-state index in [4.69, 9.17) is 4.74 Å². The van der Waals surface area contributed by atoms with Gasteiger partial charge in [-0.05, 0) is 49.5 Å². The van der Waals surface area contributed by atoms with E-state index in [0.29, 0.717) is 17.3 Å². The second kappa shape index (κ2) is 8.97. The molecule has 2 amide bonds. The first kappa shape index (κ1) is 21.3. The van der Waals surface area contributed by atoms with E-state index in [1.165, 1.54) is 6.92 Å². The zero-order valence-corrected chi connectivity index (χ0v) is 17.7. The summed E-state index contributed by atoms with van der Waals surface area (Å²) in [5.74, 6) is 0.978. The molecule has 0 aliphatic carbocycles. The van der Waals surface area contributed by atoms with Crippen molar-refractivity contribution in [3.8, 4) is 22.8 Å². The molecule has 1 aromatic heterocycles. The SMILES string of the molecule is C=NC(=O)N/C(C)=C/c1ccc(-c2ncn(-c3ccc(OC(C)(F)P)cc3)n2)cc1. The van der Waals surface area contributed by atoms with Gasteiger partial charge in [-0.15, -0.1) is 5.10 Å². The fourth-order valence-electron chi connectivity index (χ4n) is 2.64. The van der Waals surface area contributed by atoms with Crippen LogP contribution in [-0.4, -0.2) is 33.1 Å². The largest absolute Gasteiger partial charge is 0.455 e. The van der Waals surface area contributed by atoms with E-state index in [1.54, 1.807) is 42.2 Å². The Morgan fingerprint density at radius 2 is 1.93 bits per heavy atom. The number of nitrogens with one attached hydrogen (secondary N) is 1. The molecule has 9 heteroatoms. The number of halogens is 1. The molecule has 0 saturated carbocycles. The molecule has 0 fully saturated rings. The van der Waals surface area contributed by atoms with Crippen molar-refractivity contribution in [3.63, 3.8) is 0 Å². The van der Waals surface area contributed by atoms with Crippen molar-refractivity contribution in [1.82, 2.24) is 20.1 Å². The van der Waals surface area contributed by atoms with Crippen LogP contribution in [0.2, 0.25) is 0 Å². The van der Waals surface area contributed by atoms with Crippen molar-refractivity contribution >= 4 is 28.1 Å². The maximum absolute atomic E-state index is 13.5. The maximum atomic E-state index is 13.5. The van der Waals surface area contributed by atoms with E-state index >= 15 is 0 Å². The second-order valence-electron chi connectivity index (χ2n) is 6.63. The van der Waals surface area contributed by atoms with Crippen LogP contribution in [0.1, 0.15) is 19.4 Å². The first-order chi connectivity index (χ1) is 14.2.